The van der Waals surface area contributed by atoms with Gasteiger partial charge in [0.25, 0.3) is 6.71 Å². The van der Waals surface area contributed by atoms with Crippen LogP contribution in [0.2, 0.25) is 0 Å². The number of para-hydroxylation sites is 2. The van der Waals surface area contributed by atoms with E-state index in [0.717, 1.165) is 82.4 Å². The summed E-state index contributed by atoms with van der Waals surface area (Å²) in [7, 11) is 0. The van der Waals surface area contributed by atoms with Gasteiger partial charge in [-0.2, -0.15) is 0 Å². The fourth-order valence-corrected chi connectivity index (χ4v) is 13.7. The highest BCUT2D eigenvalue weighted by Crippen LogP contribution is 2.55. The van der Waals surface area contributed by atoms with Crippen molar-refractivity contribution in [3.63, 3.8) is 0 Å². The third-order valence-electron chi connectivity index (χ3n) is 17.8. The Bertz CT molecular complexity index is 4340. The van der Waals surface area contributed by atoms with E-state index in [2.05, 4.69) is 275 Å². The van der Waals surface area contributed by atoms with Crippen molar-refractivity contribution in [3.05, 3.63) is 247 Å². The van der Waals surface area contributed by atoms with Crippen molar-refractivity contribution in [1.29, 1.82) is 0 Å². The maximum atomic E-state index is 7.20. The highest BCUT2D eigenvalue weighted by Gasteiger charge is 2.46. The lowest BCUT2D eigenvalue weighted by molar-refractivity contribution is 0.590. The molecule has 0 saturated carbocycles. The van der Waals surface area contributed by atoms with Crippen molar-refractivity contribution in [2.24, 2.45) is 0 Å². The van der Waals surface area contributed by atoms with Gasteiger partial charge in [0.15, 0.2) is 0 Å². The molecule has 0 aliphatic carbocycles. The fraction of sp³-hybridized carbons (Fsp3) is 0.154. The highest BCUT2D eigenvalue weighted by atomic mass is 16.3. The highest BCUT2D eigenvalue weighted by molar-refractivity contribution is 7.00. The molecule has 0 N–H and O–H groups in total. The van der Waals surface area contributed by atoms with E-state index in [4.69, 9.17) is 8.83 Å². The molecule has 2 aliphatic rings. The van der Waals surface area contributed by atoms with E-state index >= 15 is 0 Å². The summed E-state index contributed by atoms with van der Waals surface area (Å²) in [6.45, 7) is 11.6. The second kappa shape index (κ2) is 20.3. The topological polar surface area (TPSA) is 32.8 Å². The molecule has 0 bridgehead atoms. The fourth-order valence-electron chi connectivity index (χ4n) is 13.7. The lowest BCUT2D eigenvalue weighted by Crippen LogP contribution is -2.61. The van der Waals surface area contributed by atoms with Gasteiger partial charge in [-0.25, -0.2) is 0 Å². The van der Waals surface area contributed by atoms with Gasteiger partial charge in [0.2, 0.25) is 0 Å². The molecule has 0 saturated heterocycles. The Labute approximate surface area is 487 Å². The Morgan fingerprint density at radius 1 is 0.373 bits per heavy atom. The van der Waals surface area contributed by atoms with Crippen molar-refractivity contribution in [3.8, 4) is 44.5 Å². The van der Waals surface area contributed by atoms with Crippen LogP contribution in [-0.4, -0.2) is 6.71 Å². The molecule has 402 valence electrons. The molecule has 13 aromatic rings. The van der Waals surface area contributed by atoms with E-state index in [9.17, 15) is 0 Å². The number of hydrogen-bond donors (Lipinski definition) is 0. The Kier molecular flexibility index (Phi) is 12.4. The van der Waals surface area contributed by atoms with E-state index in [-0.39, 0.29) is 12.1 Å². The molecule has 4 nitrogen and oxygen atoms in total. The van der Waals surface area contributed by atoms with Gasteiger partial charge in [0, 0.05) is 66.5 Å². The van der Waals surface area contributed by atoms with Crippen LogP contribution in [0, 0.1) is 0 Å². The number of furan rings is 2. The van der Waals surface area contributed by atoms with Gasteiger partial charge in [-0.1, -0.05) is 229 Å². The van der Waals surface area contributed by atoms with Crippen LogP contribution in [-0.2, 0) is 18.3 Å². The summed E-state index contributed by atoms with van der Waals surface area (Å²) in [4.78, 5) is 5.38. The zero-order valence-electron chi connectivity index (χ0n) is 48.0. The molecule has 0 radical (unpaired) electrons. The summed E-state index contributed by atoms with van der Waals surface area (Å²) in [6, 6.07) is 86.0. The average Bonchev–Trinajstić information content (AvgIpc) is 1.57. The zero-order chi connectivity index (χ0) is 55.9. The average molecular weight is 1070 g/mol. The summed E-state index contributed by atoms with van der Waals surface area (Å²) < 4.78 is 14.4. The minimum Gasteiger partial charge on any atom is -0.456 e. The number of unbranched alkanes of at least 4 members (excludes halogenated alkanes) is 2. The molecule has 2 aromatic heterocycles. The monoisotopic (exact) mass is 1070 g/mol. The SMILES string of the molecule is CCCCc1c(N2c3ccc(-c4ccccc4)cc3B3c4cc(-c5ccccc5)ccc4N(c4c(-c5ccccc5)cc5c(oc6ccccc65)c4CCCC)c4cc(C(C)(C)C)cc2c43)c(-c2ccccc2)cc2c1oc1ccccc12. The predicted molar refractivity (Wildman–Crippen MR) is 353 cm³/mol. The summed E-state index contributed by atoms with van der Waals surface area (Å²) in [5, 5.41) is 4.58. The Hall–Kier alpha value is -9.32. The van der Waals surface area contributed by atoms with Gasteiger partial charge in [0.05, 0.1) is 11.4 Å². The lowest BCUT2D eigenvalue weighted by atomic mass is 9.33. The van der Waals surface area contributed by atoms with Gasteiger partial charge in [-0.05, 0) is 135 Å². The molecule has 0 atom stereocenters. The summed E-state index contributed by atoms with van der Waals surface area (Å²) in [5.74, 6) is 0. The third kappa shape index (κ3) is 8.34. The maximum absolute atomic E-state index is 7.20. The van der Waals surface area contributed by atoms with Crippen LogP contribution in [0.25, 0.3) is 88.4 Å². The quantitative estimate of drug-likeness (QED) is 0.114. The second-order valence-corrected chi connectivity index (χ2v) is 24.0. The summed E-state index contributed by atoms with van der Waals surface area (Å²) in [5.41, 5.74) is 27.6. The number of hydrogen-bond acceptors (Lipinski definition) is 4. The zero-order valence-corrected chi connectivity index (χ0v) is 48.0. The van der Waals surface area contributed by atoms with E-state index in [1.807, 2.05) is 0 Å². The number of benzene rings is 11. The Morgan fingerprint density at radius 2 is 0.759 bits per heavy atom. The van der Waals surface area contributed by atoms with E-state index in [1.54, 1.807) is 0 Å². The first-order valence-corrected chi connectivity index (χ1v) is 30.0. The van der Waals surface area contributed by atoms with Gasteiger partial charge < -0.3 is 18.6 Å². The predicted octanol–water partition coefficient (Wildman–Crippen LogP) is 20.2. The molecule has 83 heavy (non-hydrogen) atoms. The normalized spacial score (nSPS) is 12.9. The number of anilines is 6. The molecule has 0 amide bonds. The first-order valence-electron chi connectivity index (χ1n) is 30.0. The standard InChI is InChI=1S/C78H65BN2O2/c1-6-8-34-59-74(61(52-30-18-12-19-31-52)48-63-57-36-22-24-38-71(57)82-76(59)63)80-67-42-40-54(50-26-14-10-15-27-50)44-65(67)79-66-45-55(51-28-16-11-17-29-51)41-43-68(66)81(70-47-56(78(3,4)5)46-69(80)73(70)79)75-60(35-9-7-2)77-64(58-37-23-25-39-72(58)83-77)49-62(75)53-32-20-13-21-33-53/h10-33,36-49H,6-9,34-35H2,1-5H3. The first-order chi connectivity index (χ1) is 40.7. The molecule has 2 aliphatic heterocycles. The molecule has 0 fully saturated rings. The van der Waals surface area contributed by atoms with Gasteiger partial charge in [-0.15, -0.1) is 0 Å². The Balaban J connectivity index is 1.14. The molecular formula is C78H65BN2O2. The number of aryl methyl sites for hydroxylation is 2. The Morgan fingerprint density at radius 3 is 1.16 bits per heavy atom. The number of fused-ring (bicyclic) bond motifs is 10. The molecule has 0 spiro atoms. The smallest absolute Gasteiger partial charge is 0.252 e. The molecule has 0 unspecified atom stereocenters. The van der Waals surface area contributed by atoms with Gasteiger partial charge >= 0.3 is 0 Å². The number of nitrogens with zero attached hydrogens (tertiary/aromatic N) is 2. The summed E-state index contributed by atoms with van der Waals surface area (Å²) in [6.07, 6.45) is 5.78. The molecule has 5 heteroatoms. The first kappa shape index (κ1) is 50.6. The molecule has 4 heterocycles. The number of rotatable bonds is 12. The molecule has 11 aromatic carbocycles. The maximum Gasteiger partial charge on any atom is 0.252 e. The minimum absolute atomic E-state index is 0.165. The van der Waals surface area contributed by atoms with Crippen molar-refractivity contribution < 1.29 is 8.83 Å². The molecule has 15 rings (SSSR count). The van der Waals surface area contributed by atoms with Crippen LogP contribution >= 0.6 is 0 Å². The second-order valence-electron chi connectivity index (χ2n) is 24.0. The van der Waals surface area contributed by atoms with Crippen molar-refractivity contribution in [2.75, 3.05) is 9.80 Å². The van der Waals surface area contributed by atoms with Gasteiger partial charge in [-0.3, -0.25) is 0 Å². The van der Waals surface area contributed by atoms with Crippen molar-refractivity contribution in [1.82, 2.24) is 0 Å². The molecular weight excluding hydrogens is 1010 g/mol. The van der Waals surface area contributed by atoms with Crippen LogP contribution in [0.1, 0.15) is 77.0 Å². The van der Waals surface area contributed by atoms with Crippen molar-refractivity contribution >= 4 is 101 Å². The van der Waals surface area contributed by atoms with Crippen LogP contribution in [0.4, 0.5) is 34.1 Å². The minimum atomic E-state index is -0.251. The third-order valence-corrected chi connectivity index (χ3v) is 17.8. The van der Waals surface area contributed by atoms with Gasteiger partial charge in [0.1, 0.15) is 22.3 Å². The van der Waals surface area contributed by atoms with E-state index < -0.39 is 0 Å². The lowest BCUT2D eigenvalue weighted by Gasteiger charge is -2.46. The van der Waals surface area contributed by atoms with Crippen LogP contribution < -0.4 is 26.2 Å². The van der Waals surface area contributed by atoms with Crippen molar-refractivity contribution in [2.45, 2.75) is 78.6 Å². The largest absolute Gasteiger partial charge is 0.456 e. The van der Waals surface area contributed by atoms with Crippen LogP contribution in [0.5, 0.6) is 0 Å². The van der Waals surface area contributed by atoms with E-state index in [1.165, 1.54) is 112 Å². The van der Waals surface area contributed by atoms with Crippen LogP contribution in [0.3, 0.4) is 0 Å². The summed E-state index contributed by atoms with van der Waals surface area (Å²) >= 11 is 0. The van der Waals surface area contributed by atoms with Crippen LogP contribution in [0.15, 0.2) is 239 Å². The van der Waals surface area contributed by atoms with E-state index in [0.29, 0.717) is 0 Å².